The fraction of sp³-hybridized carbons (Fsp3) is 0.652. The molecule has 2 atom stereocenters. The predicted molar refractivity (Wildman–Crippen MR) is 115 cm³/mol. The molecule has 2 saturated heterocycles. The van der Waals surface area contributed by atoms with Gasteiger partial charge in [-0.25, -0.2) is 9.69 Å². The minimum Gasteiger partial charge on any atom is -0.371 e. The van der Waals surface area contributed by atoms with Crippen molar-refractivity contribution in [3.63, 3.8) is 0 Å². The van der Waals surface area contributed by atoms with Crippen LogP contribution in [0.1, 0.15) is 57.4 Å². The van der Waals surface area contributed by atoms with Crippen LogP contribution in [0, 0.1) is 5.92 Å². The highest BCUT2D eigenvalue weighted by Crippen LogP contribution is 2.38. The van der Waals surface area contributed by atoms with Crippen LogP contribution in [-0.2, 0) is 11.3 Å². The Morgan fingerprint density at radius 1 is 1.10 bits per heavy atom. The zero-order valence-corrected chi connectivity index (χ0v) is 17.8. The number of nitrogens with zero attached hydrogens (tertiary/aromatic N) is 3. The number of hydrogen-bond acceptors (Lipinski definition) is 4. The number of carbonyl (C=O) groups excluding carboxylic acids is 2. The molecule has 2 aliphatic heterocycles. The summed E-state index contributed by atoms with van der Waals surface area (Å²) in [6.45, 7) is 5.35. The molecule has 0 aromatic heterocycles. The number of para-hydroxylation sites is 1. The zero-order valence-electron chi connectivity index (χ0n) is 17.8. The molecular formula is C23H34N4O2. The number of hydrogen-bond donors (Lipinski definition) is 1. The molecule has 3 amide bonds. The number of rotatable bonds is 5. The predicted octanol–water partition coefficient (Wildman–Crippen LogP) is 3.57. The SMILES string of the molecule is C[C@@H]1CCCC[C@]12NC(=O)N(CN(C)Cc1ccccc1N1CCCCC1)C2=O. The third-order valence-corrected chi connectivity index (χ3v) is 7.01. The summed E-state index contributed by atoms with van der Waals surface area (Å²) in [5.41, 5.74) is 1.86. The van der Waals surface area contributed by atoms with Crippen LogP contribution in [-0.4, -0.2) is 54.1 Å². The smallest absolute Gasteiger partial charge is 0.326 e. The average Bonchev–Trinajstić information content (AvgIpc) is 2.96. The Bertz CT molecular complexity index is 761. The summed E-state index contributed by atoms with van der Waals surface area (Å²) in [5, 5.41) is 3.05. The normalized spacial score (nSPS) is 27.8. The molecule has 0 radical (unpaired) electrons. The van der Waals surface area contributed by atoms with Gasteiger partial charge in [-0.05, 0) is 56.7 Å². The topological polar surface area (TPSA) is 55.9 Å². The molecule has 158 valence electrons. The molecule has 4 rings (SSSR count). The molecule has 0 unspecified atom stereocenters. The monoisotopic (exact) mass is 398 g/mol. The second-order valence-electron chi connectivity index (χ2n) is 9.11. The van der Waals surface area contributed by atoms with E-state index in [1.165, 1.54) is 35.4 Å². The van der Waals surface area contributed by atoms with Crippen LogP contribution in [0.15, 0.2) is 24.3 Å². The quantitative estimate of drug-likeness (QED) is 0.771. The summed E-state index contributed by atoms with van der Waals surface area (Å²) < 4.78 is 0. The Balaban J connectivity index is 1.44. The van der Waals surface area contributed by atoms with Gasteiger partial charge in [-0.3, -0.25) is 9.69 Å². The Morgan fingerprint density at radius 3 is 2.62 bits per heavy atom. The van der Waals surface area contributed by atoms with Crippen LogP contribution in [0.4, 0.5) is 10.5 Å². The second-order valence-corrected chi connectivity index (χ2v) is 9.11. The molecule has 1 saturated carbocycles. The first-order valence-corrected chi connectivity index (χ1v) is 11.2. The Morgan fingerprint density at radius 2 is 1.86 bits per heavy atom. The van der Waals surface area contributed by atoms with Crippen molar-refractivity contribution >= 4 is 17.6 Å². The van der Waals surface area contributed by atoms with Crippen molar-refractivity contribution < 1.29 is 9.59 Å². The first-order chi connectivity index (χ1) is 14.0. The van der Waals surface area contributed by atoms with Gasteiger partial charge in [0.05, 0.1) is 6.67 Å². The van der Waals surface area contributed by atoms with Gasteiger partial charge in [-0.2, -0.15) is 0 Å². The van der Waals surface area contributed by atoms with E-state index >= 15 is 0 Å². The Labute approximate surface area is 174 Å². The molecule has 1 spiro atoms. The van der Waals surface area contributed by atoms with Crippen LogP contribution < -0.4 is 10.2 Å². The van der Waals surface area contributed by atoms with Gasteiger partial charge in [-0.1, -0.05) is 38.0 Å². The highest BCUT2D eigenvalue weighted by Gasteiger charge is 2.54. The molecule has 6 heteroatoms. The van der Waals surface area contributed by atoms with Crippen molar-refractivity contribution in [3.05, 3.63) is 29.8 Å². The number of amides is 3. The maximum Gasteiger partial charge on any atom is 0.326 e. The third kappa shape index (κ3) is 3.87. The molecule has 6 nitrogen and oxygen atoms in total. The van der Waals surface area contributed by atoms with Gasteiger partial charge in [0, 0.05) is 25.3 Å². The molecule has 1 aromatic rings. The number of piperidine rings is 1. The maximum absolute atomic E-state index is 13.2. The van der Waals surface area contributed by atoms with Crippen LogP contribution in [0.3, 0.4) is 0 Å². The van der Waals surface area contributed by atoms with Gasteiger partial charge >= 0.3 is 6.03 Å². The van der Waals surface area contributed by atoms with Crippen molar-refractivity contribution in [2.45, 2.75) is 64.0 Å². The number of urea groups is 1. The first-order valence-electron chi connectivity index (χ1n) is 11.2. The van der Waals surface area contributed by atoms with E-state index in [1.54, 1.807) is 0 Å². The second kappa shape index (κ2) is 8.34. The fourth-order valence-electron chi connectivity index (χ4n) is 5.29. The lowest BCUT2D eigenvalue weighted by atomic mass is 9.73. The van der Waals surface area contributed by atoms with Gasteiger partial charge in [0.1, 0.15) is 5.54 Å². The summed E-state index contributed by atoms with van der Waals surface area (Å²) in [5.74, 6) is 0.161. The van der Waals surface area contributed by atoms with Gasteiger partial charge in [0.15, 0.2) is 0 Å². The Hall–Kier alpha value is -2.08. The van der Waals surface area contributed by atoms with E-state index in [0.29, 0.717) is 13.2 Å². The van der Waals surface area contributed by atoms with Crippen LogP contribution >= 0.6 is 0 Å². The van der Waals surface area contributed by atoms with E-state index in [1.807, 2.05) is 7.05 Å². The Kier molecular flexibility index (Phi) is 5.81. The van der Waals surface area contributed by atoms with E-state index in [0.717, 1.165) is 38.8 Å². The lowest BCUT2D eigenvalue weighted by Gasteiger charge is -2.37. The highest BCUT2D eigenvalue weighted by molar-refractivity contribution is 6.07. The zero-order chi connectivity index (χ0) is 20.4. The molecule has 1 N–H and O–H groups in total. The van der Waals surface area contributed by atoms with Crippen molar-refractivity contribution in [1.82, 2.24) is 15.1 Å². The lowest BCUT2D eigenvalue weighted by molar-refractivity contribution is -0.135. The number of benzene rings is 1. The molecule has 3 fully saturated rings. The van der Waals surface area contributed by atoms with E-state index < -0.39 is 5.54 Å². The maximum atomic E-state index is 13.2. The third-order valence-electron chi connectivity index (χ3n) is 7.01. The minimum atomic E-state index is -0.679. The summed E-state index contributed by atoms with van der Waals surface area (Å²) >= 11 is 0. The first kappa shape index (κ1) is 20.2. The summed E-state index contributed by atoms with van der Waals surface area (Å²) in [4.78, 5) is 31.8. The van der Waals surface area contributed by atoms with Crippen molar-refractivity contribution in [2.24, 2.45) is 5.92 Å². The number of imide groups is 1. The highest BCUT2D eigenvalue weighted by atomic mass is 16.2. The largest absolute Gasteiger partial charge is 0.371 e. The fourth-order valence-corrected chi connectivity index (χ4v) is 5.29. The molecule has 0 bridgehead atoms. The van der Waals surface area contributed by atoms with E-state index in [-0.39, 0.29) is 17.9 Å². The molecule has 1 aliphatic carbocycles. The lowest BCUT2D eigenvalue weighted by Crippen LogP contribution is -2.54. The minimum absolute atomic E-state index is 0.0362. The van der Waals surface area contributed by atoms with Gasteiger partial charge in [0.25, 0.3) is 5.91 Å². The average molecular weight is 399 g/mol. The van der Waals surface area contributed by atoms with Crippen LogP contribution in [0.2, 0.25) is 0 Å². The van der Waals surface area contributed by atoms with Gasteiger partial charge in [0.2, 0.25) is 0 Å². The number of nitrogens with one attached hydrogen (secondary N) is 1. The molecule has 29 heavy (non-hydrogen) atoms. The van der Waals surface area contributed by atoms with Crippen LogP contribution in [0.5, 0.6) is 0 Å². The van der Waals surface area contributed by atoms with E-state index in [9.17, 15) is 9.59 Å². The molecular weight excluding hydrogens is 364 g/mol. The molecule has 2 heterocycles. The van der Waals surface area contributed by atoms with Gasteiger partial charge < -0.3 is 10.2 Å². The van der Waals surface area contributed by atoms with E-state index in [4.69, 9.17) is 0 Å². The molecule has 3 aliphatic rings. The molecule has 1 aromatic carbocycles. The number of anilines is 1. The number of carbonyl (C=O) groups is 2. The van der Waals surface area contributed by atoms with E-state index in [2.05, 4.69) is 46.3 Å². The van der Waals surface area contributed by atoms with Crippen molar-refractivity contribution in [3.8, 4) is 0 Å². The summed E-state index contributed by atoms with van der Waals surface area (Å²) in [7, 11) is 1.99. The summed E-state index contributed by atoms with van der Waals surface area (Å²) in [6.07, 6.45) is 7.70. The van der Waals surface area contributed by atoms with Crippen molar-refractivity contribution in [2.75, 3.05) is 31.7 Å². The van der Waals surface area contributed by atoms with Crippen molar-refractivity contribution in [1.29, 1.82) is 0 Å². The van der Waals surface area contributed by atoms with Crippen LogP contribution in [0.25, 0.3) is 0 Å². The van der Waals surface area contributed by atoms with Gasteiger partial charge in [-0.15, -0.1) is 0 Å². The standard InChI is InChI=1S/C23H34N4O2/c1-18-10-6-7-13-23(18)21(28)27(22(29)24-23)17-25(2)16-19-11-4-5-12-20(19)26-14-8-3-9-15-26/h4-5,11-12,18H,3,6-10,13-17H2,1-2H3,(H,24,29)/t18-,23+/m1/s1. The summed E-state index contributed by atoms with van der Waals surface area (Å²) in [6, 6.07) is 8.29.